The average Bonchev–Trinajstić information content (AvgIpc) is 2.30. The molecular formula is C14H22BrNO. The van der Waals surface area contributed by atoms with Crippen molar-refractivity contribution < 1.29 is 5.11 Å². The molecule has 0 radical (unpaired) electrons. The summed E-state index contributed by atoms with van der Waals surface area (Å²) in [6.07, 6.45) is 1.49. The van der Waals surface area contributed by atoms with Gasteiger partial charge in [0.15, 0.2) is 0 Å². The Bertz CT molecular complexity index is 355. The van der Waals surface area contributed by atoms with Crippen LogP contribution in [0.3, 0.4) is 0 Å². The first kappa shape index (κ1) is 14.7. The summed E-state index contributed by atoms with van der Waals surface area (Å²) >= 11 is 3.41. The SMILES string of the molecule is CCC(C)(CN)C(C)(O)Cc1ccc(Br)cc1. The van der Waals surface area contributed by atoms with Crippen molar-refractivity contribution in [3.63, 3.8) is 0 Å². The van der Waals surface area contributed by atoms with Crippen molar-refractivity contribution in [1.82, 2.24) is 0 Å². The minimum absolute atomic E-state index is 0.250. The molecule has 1 rings (SSSR count). The molecule has 0 aliphatic carbocycles. The Morgan fingerprint density at radius 1 is 1.24 bits per heavy atom. The van der Waals surface area contributed by atoms with Gasteiger partial charge >= 0.3 is 0 Å². The molecule has 1 aromatic rings. The van der Waals surface area contributed by atoms with Gasteiger partial charge in [-0.1, -0.05) is 41.9 Å². The van der Waals surface area contributed by atoms with E-state index >= 15 is 0 Å². The zero-order valence-corrected chi connectivity index (χ0v) is 12.4. The van der Waals surface area contributed by atoms with E-state index in [1.54, 1.807) is 0 Å². The van der Waals surface area contributed by atoms with E-state index in [4.69, 9.17) is 5.73 Å². The Labute approximate surface area is 112 Å². The van der Waals surface area contributed by atoms with E-state index < -0.39 is 5.60 Å². The summed E-state index contributed by atoms with van der Waals surface area (Å²) in [6, 6.07) is 8.06. The summed E-state index contributed by atoms with van der Waals surface area (Å²) in [4.78, 5) is 0. The molecule has 0 saturated heterocycles. The van der Waals surface area contributed by atoms with Gasteiger partial charge < -0.3 is 10.8 Å². The third kappa shape index (κ3) is 3.30. The molecule has 0 aliphatic heterocycles. The Morgan fingerprint density at radius 3 is 2.18 bits per heavy atom. The first-order valence-electron chi connectivity index (χ1n) is 6.01. The van der Waals surface area contributed by atoms with Crippen LogP contribution in [0.4, 0.5) is 0 Å². The molecule has 0 bridgehead atoms. The van der Waals surface area contributed by atoms with E-state index in [1.807, 2.05) is 38.1 Å². The van der Waals surface area contributed by atoms with Gasteiger partial charge in [0.25, 0.3) is 0 Å². The Balaban J connectivity index is 2.88. The monoisotopic (exact) mass is 299 g/mol. The maximum absolute atomic E-state index is 10.7. The van der Waals surface area contributed by atoms with E-state index in [0.29, 0.717) is 13.0 Å². The predicted molar refractivity (Wildman–Crippen MR) is 75.9 cm³/mol. The highest BCUT2D eigenvalue weighted by molar-refractivity contribution is 9.10. The fourth-order valence-corrected chi connectivity index (χ4v) is 2.22. The number of nitrogens with two attached hydrogens (primary N) is 1. The molecule has 1 aromatic carbocycles. The van der Waals surface area contributed by atoms with Crippen LogP contribution in [0.5, 0.6) is 0 Å². The normalized spacial score (nSPS) is 18.5. The smallest absolute Gasteiger partial charge is 0.0725 e. The van der Waals surface area contributed by atoms with Crippen molar-refractivity contribution in [2.45, 2.75) is 39.2 Å². The minimum Gasteiger partial charge on any atom is -0.389 e. The zero-order valence-electron chi connectivity index (χ0n) is 10.8. The van der Waals surface area contributed by atoms with Gasteiger partial charge in [-0.3, -0.25) is 0 Å². The molecule has 2 unspecified atom stereocenters. The number of halogens is 1. The molecule has 2 nitrogen and oxygen atoms in total. The lowest BCUT2D eigenvalue weighted by Gasteiger charge is -2.42. The molecule has 17 heavy (non-hydrogen) atoms. The number of hydrogen-bond donors (Lipinski definition) is 2. The second kappa shape index (κ2) is 5.51. The molecule has 96 valence electrons. The van der Waals surface area contributed by atoms with Crippen molar-refractivity contribution in [2.24, 2.45) is 11.1 Å². The van der Waals surface area contributed by atoms with Crippen molar-refractivity contribution >= 4 is 15.9 Å². The first-order chi connectivity index (χ1) is 7.84. The highest BCUT2D eigenvalue weighted by atomic mass is 79.9. The van der Waals surface area contributed by atoms with Crippen LogP contribution in [0.2, 0.25) is 0 Å². The molecule has 2 atom stereocenters. The standard InChI is InChI=1S/C14H22BrNO/c1-4-13(2,10-16)14(3,17)9-11-5-7-12(15)8-6-11/h5-8,17H,4,9-10,16H2,1-3H3. The molecule has 3 N–H and O–H groups in total. The third-order valence-electron chi connectivity index (χ3n) is 3.99. The maximum Gasteiger partial charge on any atom is 0.0725 e. The second-order valence-corrected chi connectivity index (χ2v) is 6.11. The van der Waals surface area contributed by atoms with Gasteiger partial charge in [0.05, 0.1) is 5.60 Å². The summed E-state index contributed by atoms with van der Waals surface area (Å²) in [5, 5.41) is 10.7. The highest BCUT2D eigenvalue weighted by Crippen LogP contribution is 2.36. The highest BCUT2D eigenvalue weighted by Gasteiger charge is 2.40. The Morgan fingerprint density at radius 2 is 1.76 bits per heavy atom. The summed E-state index contributed by atoms with van der Waals surface area (Å²) in [6.45, 7) is 6.49. The van der Waals surface area contributed by atoms with Gasteiger partial charge in [-0.2, -0.15) is 0 Å². The summed E-state index contributed by atoms with van der Waals surface area (Å²) < 4.78 is 1.05. The van der Waals surface area contributed by atoms with E-state index in [-0.39, 0.29) is 5.41 Å². The molecule has 0 amide bonds. The lowest BCUT2D eigenvalue weighted by Crippen LogP contribution is -2.49. The number of benzene rings is 1. The van der Waals surface area contributed by atoms with Crippen molar-refractivity contribution in [2.75, 3.05) is 6.54 Å². The van der Waals surface area contributed by atoms with Crippen LogP contribution in [0, 0.1) is 5.41 Å². The van der Waals surface area contributed by atoms with Crippen molar-refractivity contribution in [3.05, 3.63) is 34.3 Å². The van der Waals surface area contributed by atoms with Crippen LogP contribution in [0.1, 0.15) is 32.8 Å². The quantitative estimate of drug-likeness (QED) is 0.877. The molecular weight excluding hydrogens is 278 g/mol. The average molecular weight is 300 g/mol. The lowest BCUT2D eigenvalue weighted by atomic mass is 9.69. The lowest BCUT2D eigenvalue weighted by molar-refractivity contribution is -0.0578. The number of hydrogen-bond acceptors (Lipinski definition) is 2. The molecule has 3 heteroatoms. The molecule has 0 heterocycles. The van der Waals surface area contributed by atoms with Crippen LogP contribution in [-0.2, 0) is 6.42 Å². The second-order valence-electron chi connectivity index (χ2n) is 5.20. The van der Waals surface area contributed by atoms with Gasteiger partial charge in [-0.25, -0.2) is 0 Å². The molecule has 0 spiro atoms. The molecule has 0 aliphatic rings. The van der Waals surface area contributed by atoms with E-state index in [2.05, 4.69) is 22.9 Å². The van der Waals surface area contributed by atoms with Crippen LogP contribution in [-0.4, -0.2) is 17.3 Å². The van der Waals surface area contributed by atoms with E-state index in [0.717, 1.165) is 16.5 Å². The van der Waals surface area contributed by atoms with Gasteiger partial charge in [0, 0.05) is 22.9 Å². The number of aliphatic hydroxyl groups is 1. The van der Waals surface area contributed by atoms with Crippen molar-refractivity contribution in [3.8, 4) is 0 Å². The van der Waals surface area contributed by atoms with E-state index in [9.17, 15) is 5.11 Å². The Kier molecular flexibility index (Phi) is 4.76. The fraction of sp³-hybridized carbons (Fsp3) is 0.571. The van der Waals surface area contributed by atoms with Crippen LogP contribution < -0.4 is 5.73 Å². The van der Waals surface area contributed by atoms with Crippen LogP contribution in [0.25, 0.3) is 0 Å². The molecule has 0 aromatic heterocycles. The summed E-state index contributed by atoms with van der Waals surface area (Å²) in [7, 11) is 0. The summed E-state index contributed by atoms with van der Waals surface area (Å²) in [5.74, 6) is 0. The van der Waals surface area contributed by atoms with Gasteiger partial charge in [0.2, 0.25) is 0 Å². The van der Waals surface area contributed by atoms with Gasteiger partial charge in [-0.05, 0) is 31.0 Å². The maximum atomic E-state index is 10.7. The van der Waals surface area contributed by atoms with E-state index in [1.165, 1.54) is 0 Å². The third-order valence-corrected chi connectivity index (χ3v) is 4.52. The van der Waals surface area contributed by atoms with Gasteiger partial charge in [0.1, 0.15) is 0 Å². The summed E-state index contributed by atoms with van der Waals surface area (Å²) in [5.41, 5.74) is 5.91. The van der Waals surface area contributed by atoms with Crippen LogP contribution >= 0.6 is 15.9 Å². The zero-order chi connectivity index (χ0) is 13.1. The van der Waals surface area contributed by atoms with Crippen molar-refractivity contribution in [1.29, 1.82) is 0 Å². The number of rotatable bonds is 5. The largest absolute Gasteiger partial charge is 0.389 e. The van der Waals surface area contributed by atoms with Gasteiger partial charge in [-0.15, -0.1) is 0 Å². The topological polar surface area (TPSA) is 46.2 Å². The first-order valence-corrected chi connectivity index (χ1v) is 6.81. The van der Waals surface area contributed by atoms with Crippen LogP contribution in [0.15, 0.2) is 28.7 Å². The fourth-order valence-electron chi connectivity index (χ4n) is 1.96. The predicted octanol–water partition coefficient (Wildman–Crippen LogP) is 3.12. The molecule has 0 saturated carbocycles. The Hall–Kier alpha value is -0.380. The molecule has 0 fully saturated rings. The minimum atomic E-state index is -0.787.